The summed E-state index contributed by atoms with van der Waals surface area (Å²) in [5.74, 6) is 0.00804. The molecular weight excluding hydrogens is 341 g/mol. The molecule has 0 bridgehead atoms. The molecule has 4 heteroatoms. The quantitative estimate of drug-likeness (QED) is 0.812. The number of likely N-dealkylation sites (N-methyl/N-ethyl adjacent to an activating group) is 1. The van der Waals surface area contributed by atoms with Crippen molar-refractivity contribution in [3.63, 3.8) is 0 Å². The first-order chi connectivity index (χ1) is 9.60. The van der Waals surface area contributed by atoms with Crippen LogP contribution in [0.25, 0.3) is 0 Å². The SMILES string of the molecule is CNCC(Cc1cc(Cl)ccc1F)c1ccc(Br)cc1. The molecule has 0 aliphatic heterocycles. The topological polar surface area (TPSA) is 12.0 Å². The Kier molecular flexibility index (Phi) is 5.58. The Balaban J connectivity index is 2.25. The van der Waals surface area contributed by atoms with E-state index in [9.17, 15) is 4.39 Å². The van der Waals surface area contributed by atoms with Gasteiger partial charge in [-0.25, -0.2) is 4.39 Å². The van der Waals surface area contributed by atoms with Gasteiger partial charge in [-0.05, 0) is 54.9 Å². The zero-order valence-corrected chi connectivity index (χ0v) is 13.5. The van der Waals surface area contributed by atoms with Crippen molar-refractivity contribution in [3.05, 3.63) is 68.9 Å². The Hall–Kier alpha value is -0.900. The summed E-state index contributed by atoms with van der Waals surface area (Å²) in [5.41, 5.74) is 1.84. The summed E-state index contributed by atoms with van der Waals surface area (Å²) in [5, 5.41) is 3.74. The van der Waals surface area contributed by atoms with Crippen LogP contribution >= 0.6 is 27.5 Å². The van der Waals surface area contributed by atoms with Crippen molar-refractivity contribution in [1.82, 2.24) is 5.32 Å². The molecule has 1 N–H and O–H groups in total. The zero-order valence-electron chi connectivity index (χ0n) is 11.2. The molecule has 0 aliphatic rings. The van der Waals surface area contributed by atoms with Gasteiger partial charge in [0.2, 0.25) is 0 Å². The molecule has 1 unspecified atom stereocenters. The molecule has 0 amide bonds. The summed E-state index contributed by atoms with van der Waals surface area (Å²) >= 11 is 9.38. The molecule has 0 aliphatic carbocycles. The van der Waals surface area contributed by atoms with E-state index in [1.165, 1.54) is 11.6 Å². The van der Waals surface area contributed by atoms with E-state index in [4.69, 9.17) is 11.6 Å². The van der Waals surface area contributed by atoms with Crippen molar-refractivity contribution in [1.29, 1.82) is 0 Å². The van der Waals surface area contributed by atoms with Crippen molar-refractivity contribution in [2.24, 2.45) is 0 Å². The average Bonchev–Trinajstić information content (AvgIpc) is 2.43. The minimum absolute atomic E-state index is 0.201. The van der Waals surface area contributed by atoms with Gasteiger partial charge in [0.05, 0.1) is 0 Å². The number of rotatable bonds is 5. The van der Waals surface area contributed by atoms with Crippen LogP contribution in [-0.4, -0.2) is 13.6 Å². The Morgan fingerprint density at radius 1 is 1.20 bits per heavy atom. The van der Waals surface area contributed by atoms with Gasteiger partial charge in [0.15, 0.2) is 0 Å². The van der Waals surface area contributed by atoms with Crippen LogP contribution in [0, 0.1) is 5.82 Å². The highest BCUT2D eigenvalue weighted by atomic mass is 79.9. The highest BCUT2D eigenvalue weighted by Crippen LogP contribution is 2.25. The molecule has 0 heterocycles. The normalized spacial score (nSPS) is 12.4. The van der Waals surface area contributed by atoms with Crippen LogP contribution in [0.2, 0.25) is 5.02 Å². The second-order valence-electron chi connectivity index (χ2n) is 4.75. The second kappa shape index (κ2) is 7.21. The first-order valence-electron chi connectivity index (χ1n) is 6.44. The molecular formula is C16H16BrClFN. The third-order valence-corrected chi connectivity index (χ3v) is 4.03. The van der Waals surface area contributed by atoms with Gasteiger partial charge in [-0.1, -0.05) is 39.7 Å². The van der Waals surface area contributed by atoms with Gasteiger partial charge in [-0.15, -0.1) is 0 Å². The minimum atomic E-state index is -0.201. The highest BCUT2D eigenvalue weighted by molar-refractivity contribution is 9.10. The molecule has 106 valence electrons. The standard InChI is InChI=1S/C16H16BrClFN/c1-20-10-13(11-2-4-14(17)5-3-11)8-12-9-15(18)6-7-16(12)19/h2-7,9,13,20H,8,10H2,1H3. The van der Waals surface area contributed by atoms with E-state index >= 15 is 0 Å². The van der Waals surface area contributed by atoms with Crippen LogP contribution in [0.1, 0.15) is 17.0 Å². The molecule has 1 atom stereocenters. The lowest BCUT2D eigenvalue weighted by Gasteiger charge is -2.18. The first-order valence-corrected chi connectivity index (χ1v) is 7.61. The smallest absolute Gasteiger partial charge is 0.126 e. The van der Waals surface area contributed by atoms with Crippen LogP contribution in [0.4, 0.5) is 4.39 Å². The van der Waals surface area contributed by atoms with E-state index in [2.05, 4.69) is 33.4 Å². The summed E-state index contributed by atoms with van der Waals surface area (Å²) in [6.07, 6.45) is 0.620. The fraction of sp³-hybridized carbons (Fsp3) is 0.250. The molecule has 0 saturated carbocycles. The molecule has 0 radical (unpaired) electrons. The maximum Gasteiger partial charge on any atom is 0.126 e. The van der Waals surface area contributed by atoms with E-state index in [1.807, 2.05) is 19.2 Å². The largest absolute Gasteiger partial charge is 0.319 e. The lowest BCUT2D eigenvalue weighted by molar-refractivity contribution is 0.574. The molecule has 2 aromatic carbocycles. The predicted octanol–water partition coefficient (Wildman–Crippen LogP) is 4.79. The first kappa shape index (κ1) is 15.5. The molecule has 2 rings (SSSR count). The molecule has 0 aromatic heterocycles. The van der Waals surface area contributed by atoms with E-state index in [1.54, 1.807) is 12.1 Å². The third-order valence-electron chi connectivity index (χ3n) is 3.27. The lowest BCUT2D eigenvalue weighted by atomic mass is 9.91. The van der Waals surface area contributed by atoms with Gasteiger partial charge in [0, 0.05) is 22.0 Å². The molecule has 0 saturated heterocycles. The van der Waals surface area contributed by atoms with Crippen molar-refractivity contribution in [3.8, 4) is 0 Å². The van der Waals surface area contributed by atoms with Crippen LogP contribution in [0.5, 0.6) is 0 Å². The number of hydrogen-bond acceptors (Lipinski definition) is 1. The van der Waals surface area contributed by atoms with Gasteiger partial charge in [0.1, 0.15) is 5.82 Å². The number of nitrogens with one attached hydrogen (secondary N) is 1. The monoisotopic (exact) mass is 355 g/mol. The van der Waals surface area contributed by atoms with Crippen molar-refractivity contribution in [2.45, 2.75) is 12.3 Å². The number of halogens is 3. The Morgan fingerprint density at radius 2 is 1.90 bits per heavy atom. The maximum atomic E-state index is 13.9. The summed E-state index contributed by atoms with van der Waals surface area (Å²) in [4.78, 5) is 0. The molecule has 2 aromatic rings. The Morgan fingerprint density at radius 3 is 2.55 bits per heavy atom. The molecule has 1 nitrogen and oxygen atoms in total. The van der Waals surface area contributed by atoms with Gasteiger partial charge in [-0.2, -0.15) is 0 Å². The van der Waals surface area contributed by atoms with Crippen molar-refractivity contribution >= 4 is 27.5 Å². The summed E-state index contributed by atoms with van der Waals surface area (Å²) in [6, 6.07) is 12.9. The van der Waals surface area contributed by atoms with Crippen LogP contribution < -0.4 is 5.32 Å². The number of hydrogen-bond donors (Lipinski definition) is 1. The predicted molar refractivity (Wildman–Crippen MR) is 85.9 cm³/mol. The van der Waals surface area contributed by atoms with E-state index < -0.39 is 0 Å². The van der Waals surface area contributed by atoms with Crippen LogP contribution in [0.3, 0.4) is 0 Å². The summed E-state index contributed by atoms with van der Waals surface area (Å²) in [7, 11) is 1.90. The molecule has 20 heavy (non-hydrogen) atoms. The van der Waals surface area contributed by atoms with Crippen molar-refractivity contribution < 1.29 is 4.39 Å². The number of benzene rings is 2. The maximum absolute atomic E-state index is 13.9. The summed E-state index contributed by atoms with van der Waals surface area (Å²) in [6.45, 7) is 0.785. The van der Waals surface area contributed by atoms with E-state index in [-0.39, 0.29) is 11.7 Å². The van der Waals surface area contributed by atoms with Crippen LogP contribution in [-0.2, 0) is 6.42 Å². The zero-order chi connectivity index (χ0) is 14.5. The molecule has 0 spiro atoms. The van der Waals surface area contributed by atoms with Crippen molar-refractivity contribution in [2.75, 3.05) is 13.6 Å². The Labute approximate surface area is 132 Å². The highest BCUT2D eigenvalue weighted by Gasteiger charge is 2.14. The van der Waals surface area contributed by atoms with Crippen LogP contribution in [0.15, 0.2) is 46.9 Å². The fourth-order valence-corrected chi connectivity index (χ4v) is 2.71. The summed E-state index contributed by atoms with van der Waals surface area (Å²) < 4.78 is 14.9. The third kappa shape index (κ3) is 4.05. The minimum Gasteiger partial charge on any atom is -0.319 e. The van der Waals surface area contributed by atoms with E-state index in [0.717, 1.165) is 11.0 Å². The Bertz CT molecular complexity index is 571. The second-order valence-corrected chi connectivity index (χ2v) is 6.10. The molecule has 0 fully saturated rings. The fourth-order valence-electron chi connectivity index (χ4n) is 2.25. The van der Waals surface area contributed by atoms with Gasteiger partial charge in [0.25, 0.3) is 0 Å². The van der Waals surface area contributed by atoms with Gasteiger partial charge >= 0.3 is 0 Å². The van der Waals surface area contributed by atoms with E-state index in [0.29, 0.717) is 17.0 Å². The van der Waals surface area contributed by atoms with Gasteiger partial charge in [-0.3, -0.25) is 0 Å². The average molecular weight is 357 g/mol. The van der Waals surface area contributed by atoms with Gasteiger partial charge < -0.3 is 5.32 Å². The lowest BCUT2D eigenvalue weighted by Crippen LogP contribution is -2.19.